The first-order valence-electron chi connectivity index (χ1n) is 12.9. The van der Waals surface area contributed by atoms with Gasteiger partial charge in [-0.1, -0.05) is 54.6 Å². The minimum Gasteiger partial charge on any atom is -0.379 e. The molecule has 2 saturated heterocycles. The predicted molar refractivity (Wildman–Crippen MR) is 151 cm³/mol. The molecule has 2 fully saturated rings. The Labute approximate surface area is 240 Å². The summed E-state index contributed by atoms with van der Waals surface area (Å²) in [6.07, 6.45) is -1.18. The Balaban J connectivity index is 1.38. The van der Waals surface area contributed by atoms with Crippen LogP contribution >= 0.6 is 0 Å². The highest BCUT2D eigenvalue weighted by Crippen LogP contribution is 2.48. The fraction of sp³-hybridized carbons (Fsp3) is 0.133. The standard InChI is InChI=1S/C30H23N3O8S/c1-19-8-5-6-13-25(19)31-29(34)26-27(32(40-28(26)30(31)35)21-9-7-10-22(18-21)33(36)37)20-14-16-23(17-15-20)41-42(38,39)24-11-3-2-4-12-24/h2-18,26-28H,1H3/t26-,27+,28+/m0/s1. The van der Waals surface area contributed by atoms with Crippen molar-refractivity contribution in [3.05, 3.63) is 124 Å². The van der Waals surface area contributed by atoms with Gasteiger partial charge in [0.2, 0.25) is 5.91 Å². The highest BCUT2D eigenvalue weighted by Gasteiger charge is 2.60. The van der Waals surface area contributed by atoms with Gasteiger partial charge in [0.05, 0.1) is 22.3 Å². The van der Waals surface area contributed by atoms with Crippen molar-refractivity contribution in [2.45, 2.75) is 24.0 Å². The van der Waals surface area contributed by atoms with Crippen LogP contribution in [-0.2, 0) is 24.5 Å². The molecule has 6 rings (SSSR count). The molecular weight excluding hydrogens is 562 g/mol. The van der Waals surface area contributed by atoms with Crippen LogP contribution in [0.25, 0.3) is 0 Å². The summed E-state index contributed by atoms with van der Waals surface area (Å²) in [5.41, 5.74) is 1.76. The van der Waals surface area contributed by atoms with Crippen LogP contribution in [0.4, 0.5) is 17.1 Å². The number of hydroxylamine groups is 1. The molecule has 0 aromatic heterocycles. The smallest absolute Gasteiger partial charge is 0.339 e. The molecule has 4 aromatic rings. The van der Waals surface area contributed by atoms with E-state index in [4.69, 9.17) is 9.02 Å². The van der Waals surface area contributed by atoms with E-state index in [9.17, 15) is 28.1 Å². The number of rotatable bonds is 7. The Morgan fingerprint density at radius 3 is 2.24 bits per heavy atom. The molecule has 2 heterocycles. The zero-order chi connectivity index (χ0) is 29.6. The predicted octanol–water partition coefficient (Wildman–Crippen LogP) is 4.72. The summed E-state index contributed by atoms with van der Waals surface area (Å²) in [5.74, 6) is -1.98. The molecule has 212 valence electrons. The summed E-state index contributed by atoms with van der Waals surface area (Å²) < 4.78 is 30.7. The molecule has 4 aromatic carbocycles. The van der Waals surface area contributed by atoms with Crippen LogP contribution in [0.5, 0.6) is 5.75 Å². The van der Waals surface area contributed by atoms with E-state index in [1.807, 2.05) is 0 Å². The number of carbonyl (C=O) groups excluding carboxylic acids is 2. The van der Waals surface area contributed by atoms with Crippen molar-refractivity contribution in [1.82, 2.24) is 0 Å². The van der Waals surface area contributed by atoms with E-state index < -0.39 is 44.9 Å². The molecule has 2 aliphatic heterocycles. The molecule has 0 spiro atoms. The van der Waals surface area contributed by atoms with Gasteiger partial charge < -0.3 is 4.18 Å². The Hall–Kier alpha value is -5.07. The fourth-order valence-electron chi connectivity index (χ4n) is 5.26. The van der Waals surface area contributed by atoms with Gasteiger partial charge in [-0.2, -0.15) is 8.42 Å². The van der Waals surface area contributed by atoms with Crippen molar-refractivity contribution in [3.63, 3.8) is 0 Å². The van der Waals surface area contributed by atoms with E-state index in [2.05, 4.69) is 0 Å². The van der Waals surface area contributed by atoms with Crippen LogP contribution in [0.15, 0.2) is 108 Å². The molecule has 0 radical (unpaired) electrons. The van der Waals surface area contributed by atoms with Crippen LogP contribution in [-0.4, -0.2) is 31.3 Å². The molecule has 2 amide bonds. The monoisotopic (exact) mass is 585 g/mol. The maximum Gasteiger partial charge on any atom is 0.339 e. The molecule has 12 heteroatoms. The van der Waals surface area contributed by atoms with Gasteiger partial charge in [-0.15, -0.1) is 0 Å². The number of fused-ring (bicyclic) bond motifs is 1. The summed E-state index contributed by atoms with van der Waals surface area (Å²) in [5, 5.41) is 12.8. The van der Waals surface area contributed by atoms with Crippen LogP contribution in [0.2, 0.25) is 0 Å². The Morgan fingerprint density at radius 2 is 1.55 bits per heavy atom. The van der Waals surface area contributed by atoms with Crippen LogP contribution in [0.1, 0.15) is 17.2 Å². The van der Waals surface area contributed by atoms with E-state index >= 15 is 0 Å². The summed E-state index contributed by atoms with van der Waals surface area (Å²) in [6, 6.07) is 25.5. The van der Waals surface area contributed by atoms with E-state index in [-0.39, 0.29) is 22.0 Å². The zero-order valence-corrected chi connectivity index (χ0v) is 22.9. The van der Waals surface area contributed by atoms with Crippen molar-refractivity contribution in [2.24, 2.45) is 5.92 Å². The van der Waals surface area contributed by atoms with Gasteiger partial charge in [0.15, 0.2) is 6.10 Å². The van der Waals surface area contributed by atoms with Gasteiger partial charge in [-0.25, -0.2) is 9.96 Å². The van der Waals surface area contributed by atoms with E-state index in [0.29, 0.717) is 11.3 Å². The maximum absolute atomic E-state index is 13.9. The first-order valence-corrected chi connectivity index (χ1v) is 14.3. The number of amides is 2. The average molecular weight is 586 g/mol. The number of aryl methyl sites for hydroxylation is 1. The maximum atomic E-state index is 13.9. The second-order valence-corrected chi connectivity index (χ2v) is 11.4. The first kappa shape index (κ1) is 27.1. The quantitative estimate of drug-likeness (QED) is 0.131. The van der Waals surface area contributed by atoms with Crippen molar-refractivity contribution in [3.8, 4) is 5.75 Å². The molecule has 2 aliphatic rings. The molecular formula is C30H23N3O8S. The third-order valence-corrected chi connectivity index (χ3v) is 8.49. The number of nitro benzene ring substituents is 1. The molecule has 42 heavy (non-hydrogen) atoms. The van der Waals surface area contributed by atoms with Gasteiger partial charge in [0, 0.05) is 12.1 Å². The number of nitrogens with zero attached hydrogens (tertiary/aromatic N) is 3. The SMILES string of the molecule is Cc1ccccc1N1C(=O)[C@H]2[C@@H](c3ccc(OS(=O)(=O)c4ccccc4)cc3)N(c3cccc([N+](=O)[O-])c3)O[C@H]2C1=O. The number of imide groups is 1. The molecule has 0 unspecified atom stereocenters. The third-order valence-electron chi connectivity index (χ3n) is 7.23. The lowest BCUT2D eigenvalue weighted by Crippen LogP contribution is -2.37. The molecule has 0 aliphatic carbocycles. The number of hydrogen-bond acceptors (Lipinski definition) is 9. The van der Waals surface area contributed by atoms with Crippen molar-refractivity contribution in [2.75, 3.05) is 9.96 Å². The summed E-state index contributed by atoms with van der Waals surface area (Å²) in [6.45, 7) is 1.79. The normalized spacial score (nSPS) is 20.1. The summed E-state index contributed by atoms with van der Waals surface area (Å²) >= 11 is 0. The van der Waals surface area contributed by atoms with Crippen LogP contribution in [0, 0.1) is 23.0 Å². The fourth-order valence-corrected chi connectivity index (χ4v) is 6.21. The number of benzene rings is 4. The highest BCUT2D eigenvalue weighted by atomic mass is 32.2. The van der Waals surface area contributed by atoms with Gasteiger partial charge in [-0.05, 0) is 54.4 Å². The number of anilines is 2. The van der Waals surface area contributed by atoms with Gasteiger partial charge >= 0.3 is 10.1 Å². The van der Waals surface area contributed by atoms with E-state index in [1.54, 1.807) is 67.6 Å². The molecule has 3 atom stereocenters. The second-order valence-electron chi connectivity index (χ2n) is 9.82. The largest absolute Gasteiger partial charge is 0.379 e. The zero-order valence-electron chi connectivity index (χ0n) is 22.1. The lowest BCUT2D eigenvalue weighted by atomic mass is 9.90. The lowest BCUT2D eigenvalue weighted by Gasteiger charge is -2.29. The van der Waals surface area contributed by atoms with Gasteiger partial charge in [0.25, 0.3) is 11.6 Å². The molecule has 0 bridgehead atoms. The number of carbonyl (C=O) groups is 2. The van der Waals surface area contributed by atoms with Crippen LogP contribution in [0.3, 0.4) is 0 Å². The first-order chi connectivity index (χ1) is 20.2. The van der Waals surface area contributed by atoms with E-state index in [1.165, 1.54) is 47.5 Å². The van der Waals surface area contributed by atoms with Crippen molar-refractivity contribution in [1.29, 1.82) is 0 Å². The topological polar surface area (TPSA) is 136 Å². The Morgan fingerprint density at radius 1 is 0.857 bits per heavy atom. The number of nitro groups is 1. The summed E-state index contributed by atoms with van der Waals surface area (Å²) in [7, 11) is -4.09. The average Bonchev–Trinajstić information content (AvgIpc) is 3.50. The lowest BCUT2D eigenvalue weighted by molar-refractivity contribution is -0.384. The van der Waals surface area contributed by atoms with Crippen molar-refractivity contribution >= 4 is 39.0 Å². The minimum atomic E-state index is -4.09. The Bertz CT molecular complexity index is 1810. The molecule has 0 N–H and O–H groups in total. The number of hydrogen-bond donors (Lipinski definition) is 0. The molecule has 11 nitrogen and oxygen atoms in total. The van der Waals surface area contributed by atoms with E-state index in [0.717, 1.165) is 10.5 Å². The van der Waals surface area contributed by atoms with Crippen molar-refractivity contribution < 1.29 is 32.0 Å². The minimum absolute atomic E-state index is 0.00989. The summed E-state index contributed by atoms with van der Waals surface area (Å²) in [4.78, 5) is 45.6. The number of non-ortho nitro benzene ring substituents is 1. The van der Waals surface area contributed by atoms with Gasteiger partial charge in [0.1, 0.15) is 16.6 Å². The highest BCUT2D eigenvalue weighted by molar-refractivity contribution is 7.87. The third kappa shape index (κ3) is 4.66. The van der Waals surface area contributed by atoms with Gasteiger partial charge in [-0.3, -0.25) is 24.5 Å². The second kappa shape index (κ2) is 10.4. The molecule has 0 saturated carbocycles. The number of para-hydroxylation sites is 1. The Kier molecular flexibility index (Phi) is 6.71. The van der Waals surface area contributed by atoms with Crippen LogP contribution < -0.4 is 14.1 Å².